The second kappa shape index (κ2) is 8.52. The van der Waals surface area contributed by atoms with Gasteiger partial charge in [0.05, 0.1) is 0 Å². The van der Waals surface area contributed by atoms with Crippen LogP contribution in [0.15, 0.2) is 41.5 Å². The van der Waals surface area contributed by atoms with Gasteiger partial charge in [-0.1, -0.05) is 36.0 Å². The number of rotatable bonds is 6. The Morgan fingerprint density at radius 1 is 0.720 bits per heavy atom. The fourth-order valence-corrected chi connectivity index (χ4v) is 3.46. The number of hydrogen-bond donors (Lipinski definition) is 0. The third kappa shape index (κ3) is 4.42. The molecule has 0 fully saturated rings. The molecule has 0 nitrogen and oxygen atoms in total. The second-order valence-electron chi connectivity index (χ2n) is 7.58. The molecular formula is C25H36. The molecule has 0 saturated heterocycles. The number of benzene rings is 1. The molecule has 0 bridgehead atoms. The molecule has 0 aliphatic heterocycles. The van der Waals surface area contributed by atoms with Gasteiger partial charge in [0, 0.05) is 0 Å². The summed E-state index contributed by atoms with van der Waals surface area (Å²) in [6.45, 7) is 28.1. The van der Waals surface area contributed by atoms with Crippen LogP contribution in [0.1, 0.15) is 73.9 Å². The van der Waals surface area contributed by atoms with Gasteiger partial charge in [0.1, 0.15) is 0 Å². The van der Waals surface area contributed by atoms with Crippen molar-refractivity contribution in [1.82, 2.24) is 0 Å². The van der Waals surface area contributed by atoms with Gasteiger partial charge in [-0.2, -0.15) is 0 Å². The van der Waals surface area contributed by atoms with Gasteiger partial charge in [-0.3, -0.25) is 0 Å². The molecule has 0 radical (unpaired) electrons. The van der Waals surface area contributed by atoms with Crippen LogP contribution in [0.2, 0.25) is 0 Å². The molecule has 0 atom stereocenters. The maximum Gasteiger partial charge on any atom is -0.0121 e. The summed E-state index contributed by atoms with van der Waals surface area (Å²) in [4.78, 5) is 0. The fraction of sp³-hybridized carbons (Fsp3) is 0.440. The summed E-state index contributed by atoms with van der Waals surface area (Å²) in [5, 5.41) is 0. The Labute approximate surface area is 156 Å². The quantitative estimate of drug-likeness (QED) is 0.463. The first kappa shape index (κ1) is 21.2. The molecule has 136 valence electrons. The Balaban J connectivity index is 3.39. The van der Waals surface area contributed by atoms with Crippen LogP contribution in [0.3, 0.4) is 0 Å². The highest BCUT2D eigenvalue weighted by molar-refractivity contribution is 5.81. The molecule has 0 heteroatoms. The van der Waals surface area contributed by atoms with E-state index in [2.05, 4.69) is 75.5 Å². The van der Waals surface area contributed by atoms with Crippen molar-refractivity contribution >= 4 is 5.57 Å². The Morgan fingerprint density at radius 2 is 1.12 bits per heavy atom. The van der Waals surface area contributed by atoms with Crippen LogP contribution in [-0.4, -0.2) is 0 Å². The molecule has 0 amide bonds. The lowest BCUT2D eigenvalue weighted by molar-refractivity contribution is 0.912. The van der Waals surface area contributed by atoms with E-state index in [0.717, 1.165) is 12.8 Å². The van der Waals surface area contributed by atoms with Crippen molar-refractivity contribution in [2.45, 2.75) is 75.2 Å². The lowest BCUT2D eigenvalue weighted by atomic mass is 9.84. The van der Waals surface area contributed by atoms with Gasteiger partial charge >= 0.3 is 0 Å². The van der Waals surface area contributed by atoms with Crippen molar-refractivity contribution in [3.63, 3.8) is 0 Å². The first-order valence-electron chi connectivity index (χ1n) is 9.26. The highest BCUT2D eigenvalue weighted by Gasteiger charge is 2.15. The molecule has 0 aliphatic rings. The first-order chi connectivity index (χ1) is 11.5. The zero-order valence-corrected chi connectivity index (χ0v) is 17.9. The van der Waals surface area contributed by atoms with E-state index in [9.17, 15) is 0 Å². The van der Waals surface area contributed by atoms with Gasteiger partial charge in [0.2, 0.25) is 0 Å². The molecule has 0 spiro atoms. The summed E-state index contributed by atoms with van der Waals surface area (Å²) >= 11 is 0. The zero-order valence-electron chi connectivity index (χ0n) is 17.9. The molecule has 0 N–H and O–H groups in total. The Hall–Kier alpha value is -1.82. The summed E-state index contributed by atoms with van der Waals surface area (Å²) < 4.78 is 0. The molecule has 25 heavy (non-hydrogen) atoms. The minimum atomic E-state index is 1.06. The van der Waals surface area contributed by atoms with E-state index < -0.39 is 0 Å². The smallest absolute Gasteiger partial charge is 0.0121 e. The van der Waals surface area contributed by atoms with E-state index in [0.29, 0.717) is 0 Å². The molecule has 0 aromatic heterocycles. The van der Waals surface area contributed by atoms with Crippen LogP contribution < -0.4 is 0 Å². The highest BCUT2D eigenvalue weighted by atomic mass is 14.2. The van der Waals surface area contributed by atoms with Crippen LogP contribution in [0.4, 0.5) is 0 Å². The summed E-state index contributed by atoms with van der Waals surface area (Å²) in [5.41, 5.74) is 15.0. The molecule has 0 saturated carbocycles. The topological polar surface area (TPSA) is 0 Å². The van der Waals surface area contributed by atoms with Gasteiger partial charge in [-0.25, -0.2) is 0 Å². The number of hydrogen-bond acceptors (Lipinski definition) is 0. The normalized spacial score (nSPS) is 13.3. The largest absolute Gasteiger partial charge is 0.0984 e. The summed E-state index contributed by atoms with van der Waals surface area (Å²) in [6.07, 6.45) is 4.18. The lowest BCUT2D eigenvalue weighted by Crippen LogP contribution is -2.03. The Kier molecular flexibility index (Phi) is 7.23. The van der Waals surface area contributed by atoms with Gasteiger partial charge < -0.3 is 0 Å². The lowest BCUT2D eigenvalue weighted by Gasteiger charge is -2.21. The maximum atomic E-state index is 4.13. The van der Waals surface area contributed by atoms with E-state index in [1.807, 2.05) is 6.08 Å². The molecule has 1 aromatic rings. The predicted octanol–water partition coefficient (Wildman–Crippen LogP) is 7.88. The van der Waals surface area contributed by atoms with Crippen LogP contribution >= 0.6 is 0 Å². The Morgan fingerprint density at radius 3 is 1.52 bits per heavy atom. The third-order valence-electron chi connectivity index (χ3n) is 6.09. The van der Waals surface area contributed by atoms with E-state index in [-0.39, 0.29) is 0 Å². The zero-order chi connectivity index (χ0) is 19.5. The monoisotopic (exact) mass is 336 g/mol. The molecule has 0 heterocycles. The molecule has 0 aliphatic carbocycles. The molecule has 1 aromatic carbocycles. The van der Waals surface area contributed by atoms with E-state index in [1.54, 1.807) is 0 Å². The molecular weight excluding hydrogens is 300 g/mol. The summed E-state index contributed by atoms with van der Waals surface area (Å²) in [7, 11) is 0. The summed E-state index contributed by atoms with van der Waals surface area (Å²) in [5.74, 6) is 0. The van der Waals surface area contributed by atoms with Crippen molar-refractivity contribution in [2.24, 2.45) is 0 Å². The van der Waals surface area contributed by atoms with Gasteiger partial charge in [-0.05, 0) is 120 Å². The van der Waals surface area contributed by atoms with Crippen molar-refractivity contribution < 1.29 is 0 Å². The maximum absolute atomic E-state index is 4.13. The number of allylic oxidation sites excluding steroid dienone is 6. The SMILES string of the molecule is C=CC(=C(C)CCC(C)=C(C)C(=C)C)c1c(C)c(C)c(C)c(C)c1C. The van der Waals surface area contributed by atoms with E-state index in [1.165, 1.54) is 61.2 Å². The average molecular weight is 337 g/mol. The van der Waals surface area contributed by atoms with Gasteiger partial charge in [0.15, 0.2) is 0 Å². The summed E-state index contributed by atoms with van der Waals surface area (Å²) in [6, 6.07) is 0. The third-order valence-corrected chi connectivity index (χ3v) is 6.09. The molecule has 0 unspecified atom stereocenters. The fourth-order valence-electron chi connectivity index (χ4n) is 3.46. The second-order valence-corrected chi connectivity index (χ2v) is 7.58. The predicted molar refractivity (Wildman–Crippen MR) is 115 cm³/mol. The van der Waals surface area contributed by atoms with E-state index >= 15 is 0 Å². The van der Waals surface area contributed by atoms with Crippen molar-refractivity contribution in [3.05, 3.63) is 74.9 Å². The van der Waals surface area contributed by atoms with Crippen LogP contribution in [0, 0.1) is 34.6 Å². The van der Waals surface area contributed by atoms with Crippen LogP contribution in [-0.2, 0) is 0 Å². The van der Waals surface area contributed by atoms with Gasteiger partial charge in [-0.15, -0.1) is 0 Å². The molecule has 1 rings (SSSR count). The highest BCUT2D eigenvalue weighted by Crippen LogP contribution is 2.34. The average Bonchev–Trinajstić information content (AvgIpc) is 2.58. The Bertz CT molecular complexity index is 735. The van der Waals surface area contributed by atoms with Crippen LogP contribution in [0.25, 0.3) is 5.57 Å². The van der Waals surface area contributed by atoms with E-state index in [4.69, 9.17) is 0 Å². The first-order valence-corrected chi connectivity index (χ1v) is 9.26. The van der Waals surface area contributed by atoms with Crippen molar-refractivity contribution in [2.75, 3.05) is 0 Å². The van der Waals surface area contributed by atoms with Crippen molar-refractivity contribution in [3.8, 4) is 0 Å². The van der Waals surface area contributed by atoms with Crippen LogP contribution in [0.5, 0.6) is 0 Å². The minimum Gasteiger partial charge on any atom is -0.0984 e. The standard InChI is InChI=1S/C25H36/c1-12-24(17(5)14-13-16(4)18(6)15(2)3)25-22(10)20(8)19(7)21(9)23(25)11/h12H,1-2,13-14H2,3-11H3. The van der Waals surface area contributed by atoms with Crippen molar-refractivity contribution in [1.29, 1.82) is 0 Å². The van der Waals surface area contributed by atoms with Gasteiger partial charge in [0.25, 0.3) is 0 Å². The minimum absolute atomic E-state index is 1.06.